The standard InChI is InChI=1S/C12H24O/c1-5-8-11-13-12(4,9-6-2)10-7-3/h6H,2,5,7-11H2,1,3-4H3. The third kappa shape index (κ3) is 5.87. The number of rotatable bonds is 8. The van der Waals surface area contributed by atoms with Gasteiger partial charge in [-0.2, -0.15) is 0 Å². The lowest BCUT2D eigenvalue weighted by Gasteiger charge is -2.28. The third-order valence-electron chi connectivity index (χ3n) is 2.30. The average Bonchev–Trinajstić information content (AvgIpc) is 2.05. The first-order chi connectivity index (χ1) is 6.18. The molecule has 0 saturated heterocycles. The predicted molar refractivity (Wildman–Crippen MR) is 59.0 cm³/mol. The monoisotopic (exact) mass is 184 g/mol. The summed E-state index contributed by atoms with van der Waals surface area (Å²) in [5, 5.41) is 0. The molecule has 0 aliphatic rings. The van der Waals surface area contributed by atoms with Crippen molar-refractivity contribution in [3.05, 3.63) is 12.7 Å². The van der Waals surface area contributed by atoms with Crippen molar-refractivity contribution in [3.8, 4) is 0 Å². The van der Waals surface area contributed by atoms with Crippen LogP contribution >= 0.6 is 0 Å². The van der Waals surface area contributed by atoms with Gasteiger partial charge in [0.1, 0.15) is 0 Å². The Morgan fingerprint density at radius 2 is 2.00 bits per heavy atom. The maximum Gasteiger partial charge on any atom is 0.0688 e. The largest absolute Gasteiger partial charge is 0.375 e. The minimum absolute atomic E-state index is 0.0334. The van der Waals surface area contributed by atoms with Crippen LogP contribution in [0.15, 0.2) is 12.7 Å². The van der Waals surface area contributed by atoms with Crippen molar-refractivity contribution in [2.24, 2.45) is 0 Å². The van der Waals surface area contributed by atoms with Gasteiger partial charge in [0.15, 0.2) is 0 Å². The molecule has 0 aromatic carbocycles. The van der Waals surface area contributed by atoms with E-state index in [1.54, 1.807) is 0 Å². The van der Waals surface area contributed by atoms with E-state index in [9.17, 15) is 0 Å². The van der Waals surface area contributed by atoms with Gasteiger partial charge in [-0.25, -0.2) is 0 Å². The Morgan fingerprint density at radius 1 is 1.31 bits per heavy atom. The van der Waals surface area contributed by atoms with Crippen molar-refractivity contribution in [3.63, 3.8) is 0 Å². The lowest BCUT2D eigenvalue weighted by atomic mass is 9.96. The molecule has 0 saturated carbocycles. The molecule has 0 bridgehead atoms. The second-order valence-electron chi connectivity index (χ2n) is 3.89. The molecule has 1 unspecified atom stereocenters. The fraction of sp³-hybridized carbons (Fsp3) is 0.833. The highest BCUT2D eigenvalue weighted by molar-refractivity contribution is 4.84. The van der Waals surface area contributed by atoms with Crippen LogP contribution in [0, 0.1) is 0 Å². The Balaban J connectivity index is 3.83. The highest BCUT2D eigenvalue weighted by Crippen LogP contribution is 2.22. The summed E-state index contributed by atoms with van der Waals surface area (Å²) in [5.74, 6) is 0. The van der Waals surface area contributed by atoms with E-state index in [-0.39, 0.29) is 5.60 Å². The number of unbranched alkanes of at least 4 members (excludes halogenated alkanes) is 1. The topological polar surface area (TPSA) is 9.23 Å². The molecule has 0 amide bonds. The van der Waals surface area contributed by atoms with Crippen molar-refractivity contribution in [2.45, 2.75) is 58.5 Å². The van der Waals surface area contributed by atoms with Crippen LogP contribution in [0.5, 0.6) is 0 Å². The summed E-state index contributed by atoms with van der Waals surface area (Å²) in [7, 11) is 0. The highest BCUT2D eigenvalue weighted by Gasteiger charge is 2.21. The van der Waals surface area contributed by atoms with Gasteiger partial charge in [-0.3, -0.25) is 0 Å². The zero-order chi connectivity index (χ0) is 10.2. The molecule has 0 heterocycles. The molecule has 78 valence electrons. The van der Waals surface area contributed by atoms with E-state index in [1.807, 2.05) is 6.08 Å². The van der Waals surface area contributed by atoms with Crippen molar-refractivity contribution < 1.29 is 4.74 Å². The number of ether oxygens (including phenoxy) is 1. The molecule has 1 atom stereocenters. The van der Waals surface area contributed by atoms with E-state index < -0.39 is 0 Å². The van der Waals surface area contributed by atoms with Crippen molar-refractivity contribution in [1.29, 1.82) is 0 Å². The minimum Gasteiger partial charge on any atom is -0.375 e. The zero-order valence-corrected chi connectivity index (χ0v) is 9.44. The average molecular weight is 184 g/mol. The van der Waals surface area contributed by atoms with Crippen LogP contribution in [-0.2, 0) is 4.74 Å². The molecule has 0 radical (unpaired) electrons. The van der Waals surface area contributed by atoms with Crippen molar-refractivity contribution in [2.75, 3.05) is 6.61 Å². The SMILES string of the molecule is C=CCC(C)(CCC)OCCCC. The molecule has 0 aliphatic heterocycles. The normalized spacial score (nSPS) is 15.3. The Bertz CT molecular complexity index is 131. The Kier molecular flexibility index (Phi) is 6.97. The maximum atomic E-state index is 5.88. The van der Waals surface area contributed by atoms with E-state index in [0.29, 0.717) is 0 Å². The molecule has 0 aliphatic carbocycles. The first kappa shape index (κ1) is 12.7. The third-order valence-corrected chi connectivity index (χ3v) is 2.30. The van der Waals surface area contributed by atoms with Gasteiger partial charge < -0.3 is 4.74 Å². The van der Waals surface area contributed by atoms with Crippen LogP contribution in [0.2, 0.25) is 0 Å². The predicted octanol–water partition coefficient (Wildman–Crippen LogP) is 3.94. The van der Waals surface area contributed by atoms with Gasteiger partial charge in [0.2, 0.25) is 0 Å². The van der Waals surface area contributed by atoms with Crippen LogP contribution < -0.4 is 0 Å². The second kappa shape index (κ2) is 7.14. The lowest BCUT2D eigenvalue weighted by Crippen LogP contribution is -2.28. The Morgan fingerprint density at radius 3 is 2.46 bits per heavy atom. The van der Waals surface area contributed by atoms with Crippen LogP contribution in [-0.4, -0.2) is 12.2 Å². The summed E-state index contributed by atoms with van der Waals surface area (Å²) in [4.78, 5) is 0. The quantitative estimate of drug-likeness (QED) is 0.410. The minimum atomic E-state index is 0.0334. The Hall–Kier alpha value is -0.300. The molecule has 0 spiro atoms. The molecular formula is C12H24O. The summed E-state index contributed by atoms with van der Waals surface area (Å²) < 4.78 is 5.88. The number of hydrogen-bond donors (Lipinski definition) is 0. The molecule has 1 nitrogen and oxygen atoms in total. The van der Waals surface area contributed by atoms with Gasteiger partial charge in [0.05, 0.1) is 5.60 Å². The molecule has 0 fully saturated rings. The summed E-state index contributed by atoms with van der Waals surface area (Å²) in [6.45, 7) is 11.2. The molecule has 0 aromatic rings. The lowest BCUT2D eigenvalue weighted by molar-refractivity contribution is -0.0369. The highest BCUT2D eigenvalue weighted by atomic mass is 16.5. The Labute approximate surface area is 83.2 Å². The fourth-order valence-electron chi connectivity index (χ4n) is 1.53. The van der Waals surface area contributed by atoms with Gasteiger partial charge in [0, 0.05) is 6.61 Å². The van der Waals surface area contributed by atoms with Crippen LogP contribution in [0.4, 0.5) is 0 Å². The second-order valence-corrected chi connectivity index (χ2v) is 3.89. The van der Waals surface area contributed by atoms with Crippen molar-refractivity contribution in [1.82, 2.24) is 0 Å². The zero-order valence-electron chi connectivity index (χ0n) is 9.44. The maximum absolute atomic E-state index is 5.88. The van der Waals surface area contributed by atoms with Gasteiger partial charge in [-0.05, 0) is 26.2 Å². The molecule has 0 aromatic heterocycles. The van der Waals surface area contributed by atoms with E-state index in [0.717, 1.165) is 25.9 Å². The number of hydrogen-bond acceptors (Lipinski definition) is 1. The van der Waals surface area contributed by atoms with Gasteiger partial charge >= 0.3 is 0 Å². The summed E-state index contributed by atoms with van der Waals surface area (Å²) in [5.41, 5.74) is 0.0334. The summed E-state index contributed by atoms with van der Waals surface area (Å²) >= 11 is 0. The molecule has 0 N–H and O–H groups in total. The van der Waals surface area contributed by atoms with Crippen LogP contribution in [0.3, 0.4) is 0 Å². The smallest absolute Gasteiger partial charge is 0.0688 e. The van der Waals surface area contributed by atoms with E-state index >= 15 is 0 Å². The van der Waals surface area contributed by atoms with E-state index in [2.05, 4.69) is 27.4 Å². The van der Waals surface area contributed by atoms with Gasteiger partial charge in [-0.15, -0.1) is 6.58 Å². The van der Waals surface area contributed by atoms with Crippen LogP contribution in [0.1, 0.15) is 52.9 Å². The summed E-state index contributed by atoms with van der Waals surface area (Å²) in [6, 6.07) is 0. The molecule has 0 rings (SSSR count). The van der Waals surface area contributed by atoms with Gasteiger partial charge in [-0.1, -0.05) is 32.8 Å². The first-order valence-corrected chi connectivity index (χ1v) is 5.43. The van der Waals surface area contributed by atoms with Crippen LogP contribution in [0.25, 0.3) is 0 Å². The molecule has 1 heteroatoms. The van der Waals surface area contributed by atoms with E-state index in [4.69, 9.17) is 4.74 Å². The van der Waals surface area contributed by atoms with Crippen molar-refractivity contribution >= 4 is 0 Å². The van der Waals surface area contributed by atoms with Gasteiger partial charge in [0.25, 0.3) is 0 Å². The summed E-state index contributed by atoms with van der Waals surface area (Å²) in [6.07, 6.45) is 7.60. The molecule has 13 heavy (non-hydrogen) atoms. The molecular weight excluding hydrogens is 160 g/mol. The first-order valence-electron chi connectivity index (χ1n) is 5.43. The van der Waals surface area contributed by atoms with E-state index in [1.165, 1.54) is 12.8 Å². The fourth-order valence-corrected chi connectivity index (χ4v) is 1.53.